The number of carbonyl (C=O) groups is 1. The number of rotatable bonds is 8. The Morgan fingerprint density at radius 2 is 1.97 bits per heavy atom. The van der Waals surface area contributed by atoms with Crippen LogP contribution in [0.15, 0.2) is 53.1 Å². The molecule has 1 fully saturated rings. The van der Waals surface area contributed by atoms with Crippen molar-refractivity contribution in [3.8, 4) is 17.1 Å². The van der Waals surface area contributed by atoms with Crippen LogP contribution < -0.4 is 4.74 Å². The van der Waals surface area contributed by atoms with E-state index in [4.69, 9.17) is 9.26 Å². The number of ether oxygens (including phenoxy) is 1. The lowest BCUT2D eigenvalue weighted by Gasteiger charge is -2.27. The van der Waals surface area contributed by atoms with Gasteiger partial charge in [0.25, 0.3) is 5.91 Å². The van der Waals surface area contributed by atoms with E-state index in [1.165, 1.54) is 12.1 Å². The summed E-state index contributed by atoms with van der Waals surface area (Å²) >= 11 is 0. The summed E-state index contributed by atoms with van der Waals surface area (Å²) in [5.74, 6) is 0.287. The number of sulfone groups is 1. The number of benzene rings is 2. The Hall–Kier alpha value is -3.20. The molecule has 0 N–H and O–H groups in total. The molecule has 2 aromatic carbocycles. The summed E-state index contributed by atoms with van der Waals surface area (Å²) in [7, 11) is -3.21. The van der Waals surface area contributed by atoms with E-state index >= 15 is 0 Å². The highest BCUT2D eigenvalue weighted by Crippen LogP contribution is 2.26. The predicted molar refractivity (Wildman–Crippen MR) is 126 cm³/mol. The van der Waals surface area contributed by atoms with Crippen molar-refractivity contribution < 1.29 is 26.9 Å². The van der Waals surface area contributed by atoms with Crippen LogP contribution in [0.4, 0.5) is 4.39 Å². The SMILES string of the molecule is CCCOc1ccc(CN(C(=O)c2cc(-c3ccc(F)c(C)c3)on2)[C@H]2CCS(=O)(=O)C2)cc1. The van der Waals surface area contributed by atoms with Gasteiger partial charge in [0.05, 0.1) is 18.1 Å². The molecule has 0 spiro atoms. The molecule has 1 aliphatic rings. The highest BCUT2D eigenvalue weighted by atomic mass is 32.2. The van der Waals surface area contributed by atoms with Crippen LogP contribution in [0.3, 0.4) is 0 Å². The molecule has 9 heteroatoms. The molecule has 0 saturated carbocycles. The second-order valence-corrected chi connectivity index (χ2v) is 10.8. The van der Waals surface area contributed by atoms with Gasteiger partial charge in [-0.05, 0) is 61.2 Å². The average molecular weight is 487 g/mol. The molecular weight excluding hydrogens is 459 g/mol. The smallest absolute Gasteiger partial charge is 0.276 e. The second kappa shape index (κ2) is 9.97. The Morgan fingerprint density at radius 3 is 2.62 bits per heavy atom. The van der Waals surface area contributed by atoms with Crippen molar-refractivity contribution in [1.82, 2.24) is 10.1 Å². The fourth-order valence-electron chi connectivity index (χ4n) is 3.95. The summed E-state index contributed by atoms with van der Waals surface area (Å²) in [6.45, 7) is 4.51. The number of hydrogen-bond acceptors (Lipinski definition) is 6. The van der Waals surface area contributed by atoms with Gasteiger partial charge in [-0.25, -0.2) is 12.8 Å². The minimum atomic E-state index is -3.21. The Balaban J connectivity index is 1.58. The zero-order chi connectivity index (χ0) is 24.3. The van der Waals surface area contributed by atoms with Gasteiger partial charge >= 0.3 is 0 Å². The van der Waals surface area contributed by atoms with E-state index in [2.05, 4.69) is 5.16 Å². The fourth-order valence-corrected chi connectivity index (χ4v) is 5.68. The number of carbonyl (C=O) groups excluding carboxylic acids is 1. The number of hydrogen-bond donors (Lipinski definition) is 0. The standard InChI is InChI=1S/C25H27FN2O5S/c1-3-11-32-21-7-4-18(5-8-21)15-28(20-10-12-34(30,31)16-20)25(29)23-14-24(33-27-23)19-6-9-22(26)17(2)13-19/h4-9,13-14,20H,3,10-12,15-16H2,1-2H3/t20-/m0/s1. The molecule has 180 valence electrons. The number of aromatic nitrogens is 1. The normalized spacial score (nSPS) is 17.0. The molecule has 0 unspecified atom stereocenters. The van der Waals surface area contributed by atoms with Crippen molar-refractivity contribution in [3.63, 3.8) is 0 Å². The molecular formula is C25H27FN2O5S. The maximum Gasteiger partial charge on any atom is 0.276 e. The van der Waals surface area contributed by atoms with E-state index in [1.807, 2.05) is 31.2 Å². The first kappa shape index (κ1) is 23.9. The van der Waals surface area contributed by atoms with Gasteiger partial charge in [-0.1, -0.05) is 24.2 Å². The van der Waals surface area contributed by atoms with Gasteiger partial charge in [0.2, 0.25) is 0 Å². The minimum Gasteiger partial charge on any atom is -0.494 e. The van der Waals surface area contributed by atoms with Gasteiger partial charge in [0.1, 0.15) is 11.6 Å². The molecule has 1 atom stereocenters. The summed E-state index contributed by atoms with van der Waals surface area (Å²) in [5, 5.41) is 3.93. The quantitative estimate of drug-likeness (QED) is 0.469. The van der Waals surface area contributed by atoms with Crippen LogP contribution in [-0.2, 0) is 16.4 Å². The Morgan fingerprint density at radius 1 is 1.21 bits per heavy atom. The average Bonchev–Trinajstić information content (AvgIpc) is 3.45. The molecule has 1 amide bonds. The van der Waals surface area contributed by atoms with E-state index in [0.29, 0.717) is 29.9 Å². The van der Waals surface area contributed by atoms with E-state index in [1.54, 1.807) is 24.0 Å². The lowest BCUT2D eigenvalue weighted by molar-refractivity contribution is 0.0670. The van der Waals surface area contributed by atoms with Crippen LogP contribution >= 0.6 is 0 Å². The minimum absolute atomic E-state index is 0.0458. The number of aryl methyl sites for hydroxylation is 1. The summed E-state index contributed by atoms with van der Waals surface area (Å²) in [4.78, 5) is 15.0. The van der Waals surface area contributed by atoms with Crippen LogP contribution in [0.2, 0.25) is 0 Å². The van der Waals surface area contributed by atoms with Crippen molar-refractivity contribution in [2.24, 2.45) is 0 Å². The maximum absolute atomic E-state index is 13.6. The van der Waals surface area contributed by atoms with Crippen molar-refractivity contribution in [3.05, 3.63) is 71.2 Å². The van der Waals surface area contributed by atoms with Crippen LogP contribution in [0.25, 0.3) is 11.3 Å². The number of amides is 1. The Bertz CT molecular complexity index is 1270. The maximum atomic E-state index is 13.6. The first-order chi connectivity index (χ1) is 16.3. The van der Waals surface area contributed by atoms with E-state index in [9.17, 15) is 17.6 Å². The van der Waals surface area contributed by atoms with Gasteiger partial charge < -0.3 is 14.2 Å². The Kier molecular flexibility index (Phi) is 7.02. The largest absolute Gasteiger partial charge is 0.494 e. The fraction of sp³-hybridized carbons (Fsp3) is 0.360. The monoisotopic (exact) mass is 486 g/mol. The highest BCUT2D eigenvalue weighted by Gasteiger charge is 2.36. The molecule has 0 aliphatic carbocycles. The van der Waals surface area contributed by atoms with Gasteiger partial charge in [-0.2, -0.15) is 0 Å². The lowest BCUT2D eigenvalue weighted by Crippen LogP contribution is -2.40. The molecule has 0 bridgehead atoms. The lowest BCUT2D eigenvalue weighted by atomic mass is 10.1. The van der Waals surface area contributed by atoms with E-state index in [-0.39, 0.29) is 29.6 Å². The zero-order valence-electron chi connectivity index (χ0n) is 19.2. The summed E-state index contributed by atoms with van der Waals surface area (Å²) in [5.41, 5.74) is 1.97. The molecule has 0 radical (unpaired) electrons. The van der Waals surface area contributed by atoms with E-state index in [0.717, 1.165) is 17.7 Å². The van der Waals surface area contributed by atoms with Gasteiger partial charge in [0, 0.05) is 24.2 Å². The van der Waals surface area contributed by atoms with Crippen LogP contribution in [0.5, 0.6) is 5.75 Å². The second-order valence-electron chi connectivity index (χ2n) is 8.52. The summed E-state index contributed by atoms with van der Waals surface area (Å²) in [6, 6.07) is 13.0. The molecule has 4 rings (SSSR count). The number of nitrogens with zero attached hydrogens (tertiary/aromatic N) is 2. The third-order valence-corrected chi connectivity index (χ3v) is 7.58. The van der Waals surface area contributed by atoms with Crippen molar-refractivity contribution >= 4 is 15.7 Å². The molecule has 3 aromatic rings. The van der Waals surface area contributed by atoms with E-state index < -0.39 is 21.8 Å². The van der Waals surface area contributed by atoms with Gasteiger partial charge in [0.15, 0.2) is 21.3 Å². The number of halogens is 1. The summed E-state index contributed by atoms with van der Waals surface area (Å²) < 4.78 is 48.9. The molecule has 2 heterocycles. The molecule has 1 saturated heterocycles. The molecule has 34 heavy (non-hydrogen) atoms. The molecule has 1 aromatic heterocycles. The zero-order valence-corrected chi connectivity index (χ0v) is 20.0. The first-order valence-corrected chi connectivity index (χ1v) is 13.0. The van der Waals surface area contributed by atoms with Gasteiger partial charge in [-0.3, -0.25) is 4.79 Å². The summed E-state index contributed by atoms with van der Waals surface area (Å²) in [6.07, 6.45) is 1.27. The highest BCUT2D eigenvalue weighted by molar-refractivity contribution is 7.91. The topological polar surface area (TPSA) is 89.7 Å². The van der Waals surface area contributed by atoms with Crippen molar-refractivity contribution in [1.29, 1.82) is 0 Å². The third kappa shape index (κ3) is 5.47. The predicted octanol–water partition coefficient (Wildman–Crippen LogP) is 4.41. The van der Waals surface area contributed by atoms with Crippen LogP contribution in [0.1, 0.15) is 41.4 Å². The molecule has 7 nitrogen and oxygen atoms in total. The molecule has 1 aliphatic heterocycles. The Labute approximate surface area is 198 Å². The van der Waals surface area contributed by atoms with Crippen LogP contribution in [-0.4, -0.2) is 48.5 Å². The van der Waals surface area contributed by atoms with Crippen molar-refractivity contribution in [2.75, 3.05) is 18.1 Å². The van der Waals surface area contributed by atoms with Crippen LogP contribution in [0, 0.1) is 12.7 Å². The van der Waals surface area contributed by atoms with Crippen molar-refractivity contribution in [2.45, 2.75) is 39.3 Å². The third-order valence-electron chi connectivity index (χ3n) is 5.83. The van der Waals surface area contributed by atoms with Gasteiger partial charge in [-0.15, -0.1) is 0 Å². The first-order valence-electron chi connectivity index (χ1n) is 11.2.